The Morgan fingerprint density at radius 2 is 2.00 bits per heavy atom. The van der Waals surface area contributed by atoms with Crippen LogP contribution >= 0.6 is 0 Å². The molecule has 0 spiro atoms. The Morgan fingerprint density at radius 1 is 1.39 bits per heavy atom. The molecule has 1 aliphatic rings. The van der Waals surface area contributed by atoms with E-state index in [-0.39, 0.29) is 6.09 Å². The molecule has 2 atom stereocenters. The van der Waals surface area contributed by atoms with Crippen molar-refractivity contribution in [2.75, 3.05) is 27.2 Å². The van der Waals surface area contributed by atoms with Gasteiger partial charge in [0.15, 0.2) is 0 Å². The van der Waals surface area contributed by atoms with E-state index in [2.05, 4.69) is 25.9 Å². The summed E-state index contributed by atoms with van der Waals surface area (Å²) in [7, 11) is 4.19. The van der Waals surface area contributed by atoms with E-state index < -0.39 is 5.60 Å². The highest BCUT2D eigenvalue weighted by Crippen LogP contribution is 2.23. The van der Waals surface area contributed by atoms with Crippen molar-refractivity contribution in [2.24, 2.45) is 5.92 Å². The Hall–Kier alpha value is -0.770. The third-order valence-electron chi connectivity index (χ3n) is 3.61. The van der Waals surface area contributed by atoms with Crippen molar-refractivity contribution in [3.8, 4) is 0 Å². The molecule has 0 aromatic carbocycles. The number of carbonyl (C=O) groups excluding carboxylic acids is 1. The lowest BCUT2D eigenvalue weighted by Gasteiger charge is -2.38. The molecule has 0 aliphatic carbocycles. The first-order valence-electron chi connectivity index (χ1n) is 6.85. The minimum absolute atomic E-state index is 0.168. The molecule has 1 fully saturated rings. The van der Waals surface area contributed by atoms with E-state index in [1.54, 1.807) is 0 Å². The summed E-state index contributed by atoms with van der Waals surface area (Å²) in [4.78, 5) is 16.1. The van der Waals surface area contributed by atoms with E-state index in [0.717, 1.165) is 19.5 Å². The van der Waals surface area contributed by atoms with E-state index in [1.807, 2.05) is 25.7 Å². The molecule has 0 N–H and O–H groups in total. The smallest absolute Gasteiger partial charge is 0.410 e. The average molecular weight is 256 g/mol. The molecule has 1 aliphatic heterocycles. The second-order valence-electron chi connectivity index (χ2n) is 6.53. The molecule has 1 heterocycles. The van der Waals surface area contributed by atoms with Crippen molar-refractivity contribution in [1.29, 1.82) is 0 Å². The zero-order valence-corrected chi connectivity index (χ0v) is 12.7. The normalized spacial score (nSPS) is 23.1. The van der Waals surface area contributed by atoms with Crippen LogP contribution in [0.5, 0.6) is 0 Å². The topological polar surface area (TPSA) is 32.8 Å². The standard InChI is InChI=1S/C14H28N2O2/c1-11(15(5)6)12-8-7-9-16(10-12)13(17)18-14(2,3)4/h11-12H,7-10H2,1-6H3/t11-,12-/m0/s1. The SMILES string of the molecule is C[C@@H]([C@H]1CCCN(C(=O)OC(C)(C)C)C1)N(C)C. The summed E-state index contributed by atoms with van der Waals surface area (Å²) in [6.45, 7) is 9.60. The molecule has 0 saturated carbocycles. The Labute approximate surface area is 111 Å². The summed E-state index contributed by atoms with van der Waals surface area (Å²) in [5.74, 6) is 0.543. The number of amides is 1. The number of ether oxygens (including phenoxy) is 1. The maximum absolute atomic E-state index is 12.0. The van der Waals surface area contributed by atoms with E-state index in [4.69, 9.17) is 4.74 Å². The van der Waals surface area contributed by atoms with Crippen molar-refractivity contribution >= 4 is 6.09 Å². The Kier molecular flexibility index (Phi) is 5.02. The fraction of sp³-hybridized carbons (Fsp3) is 0.929. The lowest BCUT2D eigenvalue weighted by Crippen LogP contribution is -2.47. The van der Waals surface area contributed by atoms with Gasteiger partial charge >= 0.3 is 6.09 Å². The molecule has 4 nitrogen and oxygen atoms in total. The van der Waals surface area contributed by atoms with Gasteiger partial charge in [-0.25, -0.2) is 4.79 Å². The third kappa shape index (κ3) is 4.48. The molecule has 1 rings (SSSR count). The summed E-state index contributed by atoms with van der Waals surface area (Å²) >= 11 is 0. The van der Waals surface area contributed by atoms with Gasteiger partial charge in [-0.2, -0.15) is 0 Å². The molecule has 0 bridgehead atoms. The predicted molar refractivity (Wildman–Crippen MR) is 73.7 cm³/mol. The summed E-state index contributed by atoms with van der Waals surface area (Å²) < 4.78 is 5.44. The van der Waals surface area contributed by atoms with E-state index in [1.165, 1.54) is 6.42 Å². The molecular formula is C14H28N2O2. The van der Waals surface area contributed by atoms with Gasteiger partial charge in [-0.1, -0.05) is 0 Å². The zero-order valence-electron chi connectivity index (χ0n) is 12.7. The van der Waals surface area contributed by atoms with E-state index >= 15 is 0 Å². The Balaban J connectivity index is 2.56. The summed E-state index contributed by atoms with van der Waals surface area (Å²) in [5.41, 5.74) is -0.406. The number of rotatable bonds is 2. The monoisotopic (exact) mass is 256 g/mol. The quantitative estimate of drug-likeness (QED) is 0.761. The van der Waals surface area contributed by atoms with Crippen molar-refractivity contribution in [3.63, 3.8) is 0 Å². The molecular weight excluding hydrogens is 228 g/mol. The van der Waals surface area contributed by atoms with Gasteiger partial charge in [0.1, 0.15) is 5.60 Å². The van der Waals surface area contributed by atoms with E-state index in [9.17, 15) is 4.79 Å². The number of carbonyl (C=O) groups is 1. The fourth-order valence-electron chi connectivity index (χ4n) is 2.32. The van der Waals surface area contributed by atoms with Crippen LogP contribution in [0.25, 0.3) is 0 Å². The predicted octanol–water partition coefficient (Wildman–Crippen LogP) is 2.58. The maximum atomic E-state index is 12.0. The summed E-state index contributed by atoms with van der Waals surface area (Å²) in [5, 5.41) is 0. The van der Waals surface area contributed by atoms with Gasteiger partial charge in [-0.05, 0) is 60.5 Å². The van der Waals surface area contributed by atoms with Crippen molar-refractivity contribution in [1.82, 2.24) is 9.80 Å². The number of hydrogen-bond donors (Lipinski definition) is 0. The summed E-state index contributed by atoms with van der Waals surface area (Å²) in [6, 6.07) is 0.496. The molecule has 0 unspecified atom stereocenters. The van der Waals surface area contributed by atoms with Crippen LogP contribution in [0.2, 0.25) is 0 Å². The van der Waals surface area contributed by atoms with Crippen LogP contribution in [0.1, 0.15) is 40.5 Å². The van der Waals surface area contributed by atoms with Crippen LogP contribution in [0.3, 0.4) is 0 Å². The average Bonchev–Trinajstić information content (AvgIpc) is 2.25. The first-order valence-corrected chi connectivity index (χ1v) is 6.85. The Morgan fingerprint density at radius 3 is 2.50 bits per heavy atom. The van der Waals surface area contributed by atoms with Crippen LogP contribution in [-0.4, -0.2) is 54.7 Å². The number of likely N-dealkylation sites (tertiary alicyclic amines) is 1. The largest absolute Gasteiger partial charge is 0.444 e. The molecule has 0 radical (unpaired) electrons. The van der Waals surface area contributed by atoms with Crippen LogP contribution < -0.4 is 0 Å². The summed E-state index contributed by atoms with van der Waals surface area (Å²) in [6.07, 6.45) is 2.10. The van der Waals surface area contributed by atoms with Crippen LogP contribution in [0, 0.1) is 5.92 Å². The molecule has 4 heteroatoms. The van der Waals surface area contributed by atoms with E-state index in [0.29, 0.717) is 12.0 Å². The molecule has 106 valence electrons. The first kappa shape index (κ1) is 15.3. The van der Waals surface area contributed by atoms with Gasteiger partial charge in [0, 0.05) is 19.1 Å². The Bertz CT molecular complexity index is 284. The van der Waals surface area contributed by atoms with Crippen molar-refractivity contribution in [2.45, 2.75) is 52.2 Å². The maximum Gasteiger partial charge on any atom is 0.410 e. The molecule has 0 aromatic rings. The second kappa shape index (κ2) is 5.91. The number of nitrogens with zero attached hydrogens (tertiary/aromatic N) is 2. The molecule has 1 amide bonds. The van der Waals surface area contributed by atoms with Crippen LogP contribution in [0.15, 0.2) is 0 Å². The number of hydrogen-bond acceptors (Lipinski definition) is 3. The fourth-order valence-corrected chi connectivity index (χ4v) is 2.32. The van der Waals surface area contributed by atoms with Gasteiger partial charge in [-0.15, -0.1) is 0 Å². The zero-order chi connectivity index (χ0) is 13.9. The molecule has 1 saturated heterocycles. The first-order chi connectivity index (χ1) is 8.20. The third-order valence-corrected chi connectivity index (χ3v) is 3.61. The highest BCUT2D eigenvalue weighted by atomic mass is 16.6. The lowest BCUT2D eigenvalue weighted by atomic mass is 9.91. The highest BCUT2D eigenvalue weighted by molar-refractivity contribution is 5.68. The van der Waals surface area contributed by atoms with Crippen molar-refractivity contribution in [3.05, 3.63) is 0 Å². The van der Waals surface area contributed by atoms with Crippen molar-refractivity contribution < 1.29 is 9.53 Å². The lowest BCUT2D eigenvalue weighted by molar-refractivity contribution is 0.0119. The van der Waals surface area contributed by atoms with Gasteiger partial charge in [0.05, 0.1) is 0 Å². The minimum atomic E-state index is -0.406. The second-order valence-corrected chi connectivity index (χ2v) is 6.53. The van der Waals surface area contributed by atoms with Gasteiger partial charge < -0.3 is 14.5 Å². The van der Waals surface area contributed by atoms with Crippen LogP contribution in [-0.2, 0) is 4.74 Å². The van der Waals surface area contributed by atoms with Gasteiger partial charge in [0.25, 0.3) is 0 Å². The molecule has 0 aromatic heterocycles. The minimum Gasteiger partial charge on any atom is -0.444 e. The molecule has 18 heavy (non-hydrogen) atoms. The van der Waals surface area contributed by atoms with Gasteiger partial charge in [0.2, 0.25) is 0 Å². The highest BCUT2D eigenvalue weighted by Gasteiger charge is 2.30. The van der Waals surface area contributed by atoms with Crippen LogP contribution in [0.4, 0.5) is 4.79 Å². The number of piperidine rings is 1. The van der Waals surface area contributed by atoms with Gasteiger partial charge in [-0.3, -0.25) is 0 Å².